The van der Waals surface area contributed by atoms with E-state index in [9.17, 15) is 4.79 Å². The van der Waals surface area contributed by atoms with E-state index in [1.54, 1.807) is 6.20 Å². The predicted octanol–water partition coefficient (Wildman–Crippen LogP) is 2.03. The third-order valence-corrected chi connectivity index (χ3v) is 3.67. The van der Waals surface area contributed by atoms with Crippen LogP contribution in [0.1, 0.15) is 25.8 Å². The zero-order valence-electron chi connectivity index (χ0n) is 8.59. The fourth-order valence-corrected chi connectivity index (χ4v) is 2.65. The van der Waals surface area contributed by atoms with Crippen LogP contribution in [0.15, 0.2) is 17.6 Å². The monoisotopic (exact) mass is 226 g/mol. The van der Waals surface area contributed by atoms with Gasteiger partial charge in [-0.05, 0) is 18.8 Å². The van der Waals surface area contributed by atoms with Gasteiger partial charge in [0, 0.05) is 18.4 Å². The smallest absolute Gasteiger partial charge is 0.313 e. The zero-order chi connectivity index (χ0) is 10.8. The summed E-state index contributed by atoms with van der Waals surface area (Å²) in [7, 11) is 0. The van der Waals surface area contributed by atoms with Gasteiger partial charge in [-0.15, -0.1) is 0 Å². The minimum atomic E-state index is -0.795. The molecular weight excluding hydrogens is 212 g/mol. The van der Waals surface area contributed by atoms with Crippen LogP contribution in [-0.4, -0.2) is 26.4 Å². The van der Waals surface area contributed by atoms with Crippen LogP contribution in [0.2, 0.25) is 0 Å². The Morgan fingerprint density at radius 2 is 2.47 bits per heavy atom. The second-order valence-electron chi connectivity index (χ2n) is 4.03. The van der Waals surface area contributed by atoms with Crippen LogP contribution in [0.5, 0.6) is 0 Å². The average Bonchev–Trinajstić information content (AvgIpc) is 2.57. The Labute approximate surface area is 92.7 Å². The number of nitrogens with zero attached hydrogens (tertiary/aromatic N) is 2. The zero-order valence-corrected chi connectivity index (χ0v) is 9.41. The van der Waals surface area contributed by atoms with Gasteiger partial charge in [-0.25, -0.2) is 4.98 Å². The molecule has 0 bridgehead atoms. The molecule has 0 atom stereocenters. The van der Waals surface area contributed by atoms with Crippen molar-refractivity contribution in [2.75, 3.05) is 5.75 Å². The molecule has 82 valence electrons. The van der Waals surface area contributed by atoms with Crippen molar-refractivity contribution in [3.8, 4) is 0 Å². The topological polar surface area (TPSA) is 55.1 Å². The van der Waals surface area contributed by atoms with E-state index in [2.05, 4.69) is 16.5 Å². The van der Waals surface area contributed by atoms with Gasteiger partial charge in [-0.3, -0.25) is 4.79 Å². The van der Waals surface area contributed by atoms with Crippen molar-refractivity contribution in [1.82, 2.24) is 9.55 Å². The number of aromatic nitrogens is 2. The first-order chi connectivity index (χ1) is 7.16. The standard InChI is InChI=1S/C10H14N2O2S/c1-7-4-8(5-7)12-3-2-11-10(12)15-6-9(13)14/h2-3,7-8H,4-6H2,1H3,(H,13,14). The van der Waals surface area contributed by atoms with Gasteiger partial charge in [0.1, 0.15) is 0 Å². The second-order valence-corrected chi connectivity index (χ2v) is 4.97. The van der Waals surface area contributed by atoms with Crippen LogP contribution in [0, 0.1) is 5.92 Å². The largest absolute Gasteiger partial charge is 0.481 e. The Balaban J connectivity index is 1.99. The highest BCUT2D eigenvalue weighted by Gasteiger charge is 2.28. The van der Waals surface area contributed by atoms with Crippen molar-refractivity contribution in [1.29, 1.82) is 0 Å². The molecule has 15 heavy (non-hydrogen) atoms. The second kappa shape index (κ2) is 4.26. The number of aliphatic carboxylic acids is 1. The third-order valence-electron chi connectivity index (χ3n) is 2.70. The van der Waals surface area contributed by atoms with Crippen LogP contribution < -0.4 is 0 Å². The molecule has 0 saturated heterocycles. The molecule has 0 aliphatic heterocycles. The van der Waals surface area contributed by atoms with E-state index in [1.807, 2.05) is 6.20 Å². The normalized spacial score (nSPS) is 24.9. The van der Waals surface area contributed by atoms with Crippen LogP contribution in [0.25, 0.3) is 0 Å². The minimum absolute atomic E-state index is 0.0826. The number of hydrogen-bond acceptors (Lipinski definition) is 3. The van der Waals surface area contributed by atoms with E-state index in [1.165, 1.54) is 24.6 Å². The summed E-state index contributed by atoms with van der Waals surface area (Å²) in [6.07, 6.45) is 6.04. The first-order valence-corrected chi connectivity index (χ1v) is 6.03. The number of rotatable bonds is 4. The van der Waals surface area contributed by atoms with Crippen molar-refractivity contribution in [3.05, 3.63) is 12.4 Å². The van der Waals surface area contributed by atoms with Gasteiger partial charge >= 0.3 is 5.97 Å². The summed E-state index contributed by atoms with van der Waals surface area (Å²) in [6, 6.07) is 0.527. The Morgan fingerprint density at radius 3 is 3.07 bits per heavy atom. The SMILES string of the molecule is CC1CC(n2ccnc2SCC(=O)O)C1. The predicted molar refractivity (Wildman–Crippen MR) is 58.0 cm³/mol. The summed E-state index contributed by atoms with van der Waals surface area (Å²) in [5.41, 5.74) is 0. The lowest BCUT2D eigenvalue weighted by atomic mass is 9.82. The van der Waals surface area contributed by atoms with Gasteiger partial charge in [0.25, 0.3) is 0 Å². The summed E-state index contributed by atoms with van der Waals surface area (Å²) in [5, 5.41) is 9.43. The Kier molecular flexibility index (Phi) is 3.00. The first kappa shape index (κ1) is 10.5. The molecule has 1 aliphatic carbocycles. The molecule has 4 nitrogen and oxygen atoms in total. The molecule has 1 fully saturated rings. The summed E-state index contributed by atoms with van der Waals surface area (Å²) < 4.78 is 2.10. The molecule has 0 spiro atoms. The van der Waals surface area contributed by atoms with Gasteiger partial charge in [0.2, 0.25) is 0 Å². The van der Waals surface area contributed by atoms with Gasteiger partial charge in [0.15, 0.2) is 5.16 Å². The van der Waals surface area contributed by atoms with Crippen molar-refractivity contribution in [3.63, 3.8) is 0 Å². The highest BCUT2D eigenvalue weighted by Crippen LogP contribution is 2.39. The minimum Gasteiger partial charge on any atom is -0.481 e. The Hall–Kier alpha value is -0.970. The number of carbonyl (C=O) groups is 1. The van der Waals surface area contributed by atoms with Crippen LogP contribution in [0.3, 0.4) is 0 Å². The molecule has 1 aromatic rings. The lowest BCUT2D eigenvalue weighted by molar-refractivity contribution is -0.133. The quantitative estimate of drug-likeness (QED) is 0.798. The number of carboxylic acids is 1. The number of imidazole rings is 1. The lowest BCUT2D eigenvalue weighted by Crippen LogP contribution is -2.24. The third kappa shape index (κ3) is 2.34. The molecular formula is C10H14N2O2S. The number of hydrogen-bond donors (Lipinski definition) is 1. The average molecular weight is 226 g/mol. The summed E-state index contributed by atoms with van der Waals surface area (Å²) in [6.45, 7) is 2.23. The molecule has 1 aliphatic rings. The van der Waals surface area contributed by atoms with Crippen molar-refractivity contribution < 1.29 is 9.90 Å². The van der Waals surface area contributed by atoms with Gasteiger partial charge < -0.3 is 9.67 Å². The Bertz CT molecular complexity index is 358. The molecule has 5 heteroatoms. The highest BCUT2D eigenvalue weighted by molar-refractivity contribution is 7.99. The van der Waals surface area contributed by atoms with Gasteiger partial charge in [0.05, 0.1) is 5.75 Å². The van der Waals surface area contributed by atoms with Gasteiger partial charge in [-0.1, -0.05) is 18.7 Å². The molecule has 1 aromatic heterocycles. The molecule has 0 amide bonds. The van der Waals surface area contributed by atoms with E-state index in [4.69, 9.17) is 5.11 Å². The number of thioether (sulfide) groups is 1. The summed E-state index contributed by atoms with van der Waals surface area (Å²) in [4.78, 5) is 14.6. The Morgan fingerprint density at radius 1 is 1.73 bits per heavy atom. The fourth-order valence-electron chi connectivity index (χ4n) is 1.90. The maximum Gasteiger partial charge on any atom is 0.313 e. The van der Waals surface area contributed by atoms with E-state index in [0.717, 1.165) is 11.1 Å². The molecule has 1 N–H and O–H groups in total. The number of carboxylic acid groups (broad SMARTS) is 1. The van der Waals surface area contributed by atoms with E-state index in [0.29, 0.717) is 6.04 Å². The van der Waals surface area contributed by atoms with Gasteiger partial charge in [-0.2, -0.15) is 0 Å². The maximum atomic E-state index is 10.5. The van der Waals surface area contributed by atoms with E-state index in [-0.39, 0.29) is 5.75 Å². The lowest BCUT2D eigenvalue weighted by Gasteiger charge is -2.34. The van der Waals surface area contributed by atoms with Crippen LogP contribution >= 0.6 is 11.8 Å². The van der Waals surface area contributed by atoms with Crippen LogP contribution in [0.4, 0.5) is 0 Å². The summed E-state index contributed by atoms with van der Waals surface area (Å²) in [5.74, 6) is 0.0745. The fraction of sp³-hybridized carbons (Fsp3) is 0.600. The molecule has 1 saturated carbocycles. The molecule has 1 heterocycles. The molecule has 0 aromatic carbocycles. The van der Waals surface area contributed by atoms with E-state index < -0.39 is 5.97 Å². The van der Waals surface area contributed by atoms with Crippen molar-refractivity contribution >= 4 is 17.7 Å². The van der Waals surface area contributed by atoms with E-state index >= 15 is 0 Å². The first-order valence-electron chi connectivity index (χ1n) is 5.04. The molecule has 0 unspecified atom stereocenters. The van der Waals surface area contributed by atoms with Crippen molar-refractivity contribution in [2.24, 2.45) is 5.92 Å². The maximum absolute atomic E-state index is 10.5. The molecule has 0 radical (unpaired) electrons. The highest BCUT2D eigenvalue weighted by atomic mass is 32.2. The summed E-state index contributed by atoms with van der Waals surface area (Å²) >= 11 is 1.29. The molecule has 2 rings (SSSR count). The van der Waals surface area contributed by atoms with Crippen molar-refractivity contribution in [2.45, 2.75) is 31.0 Å². The van der Waals surface area contributed by atoms with Crippen LogP contribution in [-0.2, 0) is 4.79 Å².